The number of ketones is 1. The molecule has 1 aromatic heterocycles. The van der Waals surface area contributed by atoms with Gasteiger partial charge in [-0.15, -0.1) is 0 Å². The molecular weight excluding hydrogens is 260 g/mol. The third-order valence-corrected chi connectivity index (χ3v) is 2.11. The molecule has 0 atom stereocenters. The van der Waals surface area contributed by atoms with E-state index < -0.39 is 17.4 Å². The molecule has 0 unspecified atom stereocenters. The predicted molar refractivity (Wildman–Crippen MR) is 74.4 cm³/mol. The summed E-state index contributed by atoms with van der Waals surface area (Å²) >= 11 is 0. The van der Waals surface area contributed by atoms with Crippen LogP contribution < -0.4 is 10.9 Å². The number of nitrogens with two attached hydrogens (primary N) is 1. The first-order valence-corrected chi connectivity index (χ1v) is 5.88. The Hall–Kier alpha value is -2.41. The first-order chi connectivity index (χ1) is 9.20. The molecule has 0 fully saturated rings. The highest BCUT2D eigenvalue weighted by Crippen LogP contribution is 2.11. The second-order valence-electron chi connectivity index (χ2n) is 5.02. The first kappa shape index (κ1) is 15.6. The Balaban J connectivity index is 2.62. The molecule has 0 saturated carbocycles. The average molecular weight is 278 g/mol. The van der Waals surface area contributed by atoms with Crippen LogP contribution in [0.2, 0.25) is 0 Å². The van der Waals surface area contributed by atoms with Gasteiger partial charge in [0.15, 0.2) is 5.78 Å². The summed E-state index contributed by atoms with van der Waals surface area (Å²) in [6, 6.07) is 0. The molecule has 0 aliphatic heterocycles. The summed E-state index contributed by atoms with van der Waals surface area (Å²) in [7, 11) is 0. The van der Waals surface area contributed by atoms with Crippen LogP contribution in [0.5, 0.6) is 0 Å². The maximum Gasteiger partial charge on any atom is 0.342 e. The van der Waals surface area contributed by atoms with Gasteiger partial charge in [0, 0.05) is 18.5 Å². The van der Waals surface area contributed by atoms with Gasteiger partial charge in [0.2, 0.25) is 0 Å². The van der Waals surface area contributed by atoms with E-state index in [9.17, 15) is 9.59 Å². The number of hydrogen-bond donors (Lipinski definition) is 2. The molecule has 1 heterocycles. The van der Waals surface area contributed by atoms with E-state index in [1.807, 2.05) is 0 Å². The number of allylic oxidation sites excluding steroid dienone is 1. The van der Waals surface area contributed by atoms with Gasteiger partial charge in [-0.2, -0.15) is 5.10 Å². The normalized spacial score (nSPS) is 11.4. The van der Waals surface area contributed by atoms with Crippen LogP contribution in [0.15, 0.2) is 36.8 Å². The largest absolute Gasteiger partial charge is 0.456 e. The molecule has 0 radical (unpaired) electrons. The lowest BCUT2D eigenvalue weighted by Gasteiger charge is -2.19. The lowest BCUT2D eigenvalue weighted by Crippen LogP contribution is -2.27. The number of hydrogen-bond acceptors (Lipinski definition) is 6. The molecule has 0 aliphatic rings. The van der Waals surface area contributed by atoms with Crippen molar-refractivity contribution < 1.29 is 14.3 Å². The zero-order valence-electron chi connectivity index (χ0n) is 11.7. The highest BCUT2D eigenvalue weighted by atomic mass is 16.6. The van der Waals surface area contributed by atoms with Crippen molar-refractivity contribution in [2.45, 2.75) is 26.4 Å². The molecule has 3 N–H and O–H groups in total. The first-order valence-electron chi connectivity index (χ1n) is 5.88. The van der Waals surface area contributed by atoms with Crippen LogP contribution in [-0.2, 0) is 14.3 Å². The number of ether oxygens (including phenoxy) is 1. The Morgan fingerprint density at radius 1 is 1.50 bits per heavy atom. The van der Waals surface area contributed by atoms with Gasteiger partial charge in [0.05, 0.1) is 17.5 Å². The Kier molecular flexibility index (Phi) is 4.82. The van der Waals surface area contributed by atoms with Gasteiger partial charge in [-0.05, 0) is 20.8 Å². The summed E-state index contributed by atoms with van der Waals surface area (Å²) in [5, 5.41) is 7.48. The van der Waals surface area contributed by atoms with E-state index in [1.54, 1.807) is 27.0 Å². The van der Waals surface area contributed by atoms with Crippen LogP contribution >= 0.6 is 0 Å². The number of aromatic nitrogens is 2. The Morgan fingerprint density at radius 3 is 2.65 bits per heavy atom. The van der Waals surface area contributed by atoms with Crippen molar-refractivity contribution in [3.63, 3.8) is 0 Å². The summed E-state index contributed by atoms with van der Waals surface area (Å²) < 4.78 is 5.05. The van der Waals surface area contributed by atoms with Crippen LogP contribution in [0.3, 0.4) is 0 Å². The van der Waals surface area contributed by atoms with Crippen LogP contribution in [0.25, 0.3) is 0 Å². The molecule has 0 bridgehead atoms. The minimum atomic E-state index is -0.751. The van der Waals surface area contributed by atoms with Crippen molar-refractivity contribution >= 4 is 17.4 Å². The molecule has 7 heteroatoms. The molecule has 20 heavy (non-hydrogen) atoms. The predicted octanol–water partition coefficient (Wildman–Crippen LogP) is 1.07. The Bertz CT molecular complexity index is 526. The smallest absolute Gasteiger partial charge is 0.342 e. The number of nitrogens with one attached hydrogen (secondary N) is 1. The highest BCUT2D eigenvalue weighted by molar-refractivity contribution is 6.21. The van der Waals surface area contributed by atoms with Crippen molar-refractivity contribution in [2.75, 3.05) is 5.01 Å². The number of aromatic amines is 1. The fourth-order valence-electron chi connectivity index (χ4n) is 1.16. The quantitative estimate of drug-likeness (QED) is 0.209. The molecule has 7 nitrogen and oxygen atoms in total. The highest BCUT2D eigenvalue weighted by Gasteiger charge is 2.21. The number of rotatable bonds is 5. The lowest BCUT2D eigenvalue weighted by molar-refractivity contribution is -0.150. The van der Waals surface area contributed by atoms with Gasteiger partial charge in [-0.25, -0.2) is 10.6 Å². The second-order valence-corrected chi connectivity index (χ2v) is 5.02. The van der Waals surface area contributed by atoms with Gasteiger partial charge >= 0.3 is 5.97 Å². The standard InChI is InChI=1S/C13H18N4O3/c1-9(12(19)20-13(2,3)4)11(18)5-6-17(14)10-7-15-16-8-10/h5-8H,1,14H2,2-4H3,(H,15,16)/b6-5-. The summed E-state index contributed by atoms with van der Waals surface area (Å²) in [5.41, 5.74) is -0.366. The van der Waals surface area contributed by atoms with Gasteiger partial charge < -0.3 is 4.74 Å². The number of hydrazine groups is 1. The van der Waals surface area contributed by atoms with Gasteiger partial charge in [-0.3, -0.25) is 14.9 Å². The third kappa shape index (κ3) is 4.69. The number of anilines is 1. The molecule has 0 aromatic carbocycles. The van der Waals surface area contributed by atoms with Crippen molar-refractivity contribution in [1.29, 1.82) is 0 Å². The molecule has 108 valence electrons. The summed E-state index contributed by atoms with van der Waals surface area (Å²) in [6.07, 6.45) is 5.48. The van der Waals surface area contributed by atoms with E-state index in [0.717, 1.165) is 6.08 Å². The van der Waals surface area contributed by atoms with Gasteiger partial charge in [0.25, 0.3) is 0 Å². The zero-order valence-corrected chi connectivity index (χ0v) is 11.7. The summed E-state index contributed by atoms with van der Waals surface area (Å²) in [4.78, 5) is 23.4. The third-order valence-electron chi connectivity index (χ3n) is 2.11. The van der Waals surface area contributed by atoms with Crippen LogP contribution in [0.4, 0.5) is 5.69 Å². The fourth-order valence-corrected chi connectivity index (χ4v) is 1.16. The van der Waals surface area contributed by atoms with Gasteiger partial charge in [-0.1, -0.05) is 6.58 Å². The molecular formula is C13H18N4O3. The number of H-pyrrole nitrogens is 1. The fraction of sp³-hybridized carbons (Fsp3) is 0.308. The van der Waals surface area contributed by atoms with Crippen LogP contribution in [-0.4, -0.2) is 27.6 Å². The van der Waals surface area contributed by atoms with Crippen LogP contribution in [0, 0.1) is 0 Å². The van der Waals surface area contributed by atoms with Crippen molar-refractivity contribution in [1.82, 2.24) is 10.2 Å². The molecule has 1 rings (SSSR count). The number of esters is 1. The molecule has 1 aromatic rings. The van der Waals surface area contributed by atoms with Crippen molar-refractivity contribution in [3.05, 3.63) is 36.8 Å². The zero-order chi connectivity index (χ0) is 15.3. The van der Waals surface area contributed by atoms with E-state index in [4.69, 9.17) is 10.6 Å². The van der Waals surface area contributed by atoms with E-state index >= 15 is 0 Å². The van der Waals surface area contributed by atoms with Crippen LogP contribution in [0.1, 0.15) is 20.8 Å². The Labute approximate surface area is 117 Å². The monoisotopic (exact) mass is 278 g/mol. The van der Waals surface area contributed by atoms with E-state index in [1.165, 1.54) is 17.4 Å². The number of carbonyl (C=O) groups is 2. The van der Waals surface area contributed by atoms with E-state index in [0.29, 0.717) is 5.69 Å². The van der Waals surface area contributed by atoms with Gasteiger partial charge in [0.1, 0.15) is 5.60 Å². The molecule has 0 aliphatic carbocycles. The van der Waals surface area contributed by atoms with Crippen molar-refractivity contribution in [2.24, 2.45) is 5.84 Å². The average Bonchev–Trinajstić information content (AvgIpc) is 2.86. The maximum atomic E-state index is 11.8. The maximum absolute atomic E-state index is 11.8. The SMILES string of the molecule is C=C(C(=O)/C=C\N(N)c1cn[nH]c1)C(=O)OC(C)(C)C. The Morgan fingerprint density at radius 2 is 2.15 bits per heavy atom. The van der Waals surface area contributed by atoms with Crippen molar-refractivity contribution in [3.8, 4) is 0 Å². The molecule has 0 saturated heterocycles. The van der Waals surface area contributed by atoms with E-state index in [-0.39, 0.29) is 5.57 Å². The second kappa shape index (κ2) is 6.16. The van der Waals surface area contributed by atoms with E-state index in [2.05, 4.69) is 16.8 Å². The number of nitrogens with zero attached hydrogens (tertiary/aromatic N) is 2. The molecule has 0 spiro atoms. The summed E-state index contributed by atoms with van der Waals surface area (Å²) in [5.74, 6) is 4.33. The minimum absolute atomic E-state index is 0.253. The molecule has 0 amide bonds. The number of carbonyl (C=O) groups excluding carboxylic acids is 2. The minimum Gasteiger partial charge on any atom is -0.456 e. The topological polar surface area (TPSA) is 101 Å². The lowest BCUT2D eigenvalue weighted by atomic mass is 10.1. The summed E-state index contributed by atoms with van der Waals surface area (Å²) in [6.45, 7) is 8.55.